The van der Waals surface area contributed by atoms with Crippen molar-refractivity contribution in [3.8, 4) is 0 Å². The highest BCUT2D eigenvalue weighted by Crippen LogP contribution is 2.10. The van der Waals surface area contributed by atoms with E-state index in [9.17, 15) is 0 Å². The smallest absolute Gasteiger partial charge is 0.0705 e. The Bertz CT molecular complexity index is 224. The number of halogens is 1. The molecule has 0 spiro atoms. The van der Waals surface area contributed by atoms with Gasteiger partial charge in [-0.3, -0.25) is 4.98 Å². The summed E-state index contributed by atoms with van der Waals surface area (Å²) in [6.07, 6.45) is 1.51. The normalized spacial score (nSPS) is 13.0. The number of aliphatic hydroxyl groups excluding tert-OH is 1. The molecule has 0 amide bonds. The maximum absolute atomic E-state index is 8.66. The predicted octanol–water partition coefficient (Wildman–Crippen LogP) is 0.727. The van der Waals surface area contributed by atoms with Crippen LogP contribution in [0.15, 0.2) is 18.3 Å². The van der Waals surface area contributed by atoms with Gasteiger partial charge in [0.2, 0.25) is 0 Å². The highest BCUT2D eigenvalue weighted by Gasteiger charge is 2.03. The molecule has 1 unspecified atom stereocenters. The van der Waals surface area contributed by atoms with Crippen LogP contribution in [0.25, 0.3) is 0 Å². The Morgan fingerprint density at radius 2 is 2.36 bits per heavy atom. The predicted molar refractivity (Wildman–Crippen MR) is 43.3 cm³/mol. The van der Waals surface area contributed by atoms with Crippen LogP contribution in [0.2, 0.25) is 5.02 Å². The molecule has 60 valence electrons. The van der Waals surface area contributed by atoms with Gasteiger partial charge in [0, 0.05) is 6.20 Å². The third kappa shape index (κ3) is 2.15. The number of nitrogens with zero attached hydrogens (tertiary/aromatic N) is 1. The Morgan fingerprint density at radius 3 is 2.82 bits per heavy atom. The van der Waals surface area contributed by atoms with E-state index in [1.807, 2.05) is 0 Å². The number of aromatic nitrogens is 1. The summed E-state index contributed by atoms with van der Waals surface area (Å²) in [7, 11) is 0. The van der Waals surface area contributed by atoms with Crippen LogP contribution in [0.3, 0.4) is 0 Å². The number of pyridine rings is 1. The van der Waals surface area contributed by atoms with Crippen molar-refractivity contribution in [2.75, 3.05) is 6.61 Å². The summed E-state index contributed by atoms with van der Waals surface area (Å²) < 4.78 is 0. The summed E-state index contributed by atoms with van der Waals surface area (Å²) in [5.41, 5.74) is 6.14. The fourth-order valence-electron chi connectivity index (χ4n) is 0.700. The van der Waals surface area contributed by atoms with Crippen molar-refractivity contribution in [1.29, 1.82) is 0 Å². The molecule has 0 bridgehead atoms. The van der Waals surface area contributed by atoms with Crippen LogP contribution in [0.1, 0.15) is 11.7 Å². The Morgan fingerprint density at radius 1 is 1.64 bits per heavy atom. The molecule has 0 aliphatic carbocycles. The minimum absolute atomic E-state index is 0.103. The minimum Gasteiger partial charge on any atom is -0.394 e. The monoisotopic (exact) mass is 172 g/mol. The summed E-state index contributed by atoms with van der Waals surface area (Å²) in [5.74, 6) is 0. The van der Waals surface area contributed by atoms with Gasteiger partial charge in [0.15, 0.2) is 0 Å². The number of hydrogen-bond donors (Lipinski definition) is 2. The van der Waals surface area contributed by atoms with Crippen molar-refractivity contribution in [2.24, 2.45) is 5.73 Å². The average molecular weight is 173 g/mol. The molecule has 4 heteroatoms. The van der Waals surface area contributed by atoms with E-state index in [2.05, 4.69) is 4.98 Å². The summed E-state index contributed by atoms with van der Waals surface area (Å²) >= 11 is 5.59. The van der Waals surface area contributed by atoms with Gasteiger partial charge in [-0.2, -0.15) is 0 Å². The fourth-order valence-corrected chi connectivity index (χ4v) is 0.812. The second-order valence-corrected chi connectivity index (χ2v) is 2.63. The maximum atomic E-state index is 8.66. The van der Waals surface area contributed by atoms with E-state index in [1.165, 1.54) is 6.20 Å². The van der Waals surface area contributed by atoms with Gasteiger partial charge >= 0.3 is 0 Å². The highest BCUT2D eigenvalue weighted by molar-refractivity contribution is 6.30. The van der Waals surface area contributed by atoms with Crippen LogP contribution in [0.5, 0.6) is 0 Å². The van der Waals surface area contributed by atoms with Gasteiger partial charge in [0.1, 0.15) is 0 Å². The van der Waals surface area contributed by atoms with Gasteiger partial charge in [0.25, 0.3) is 0 Å². The molecule has 1 atom stereocenters. The number of nitrogens with two attached hydrogens (primary N) is 1. The standard InChI is InChI=1S/C7H9ClN2O/c8-5-1-2-7(10-3-5)6(9)4-11/h1-3,6,11H,4,9H2. The SMILES string of the molecule is NC(CO)c1ccc(Cl)cn1. The Hall–Kier alpha value is -0.640. The second-order valence-electron chi connectivity index (χ2n) is 2.19. The molecule has 0 fully saturated rings. The lowest BCUT2D eigenvalue weighted by molar-refractivity contribution is 0.266. The zero-order valence-corrected chi connectivity index (χ0v) is 6.62. The number of aliphatic hydroxyl groups is 1. The molecular formula is C7H9ClN2O. The van der Waals surface area contributed by atoms with E-state index >= 15 is 0 Å². The Balaban J connectivity index is 2.81. The zero-order chi connectivity index (χ0) is 8.27. The topological polar surface area (TPSA) is 59.1 Å². The first-order valence-electron chi connectivity index (χ1n) is 3.22. The molecule has 1 aromatic rings. The van der Waals surface area contributed by atoms with Crippen LogP contribution in [0.4, 0.5) is 0 Å². The summed E-state index contributed by atoms with van der Waals surface area (Å²) in [6, 6.07) is 2.98. The molecule has 0 aromatic carbocycles. The summed E-state index contributed by atoms with van der Waals surface area (Å²) in [5, 5.41) is 9.23. The summed E-state index contributed by atoms with van der Waals surface area (Å²) in [4.78, 5) is 3.93. The van der Waals surface area contributed by atoms with E-state index in [-0.39, 0.29) is 6.61 Å². The van der Waals surface area contributed by atoms with Crippen LogP contribution in [-0.2, 0) is 0 Å². The van der Waals surface area contributed by atoms with Gasteiger partial charge in [-0.15, -0.1) is 0 Å². The van der Waals surface area contributed by atoms with E-state index in [4.69, 9.17) is 22.4 Å². The van der Waals surface area contributed by atoms with Crippen molar-refractivity contribution < 1.29 is 5.11 Å². The first-order valence-corrected chi connectivity index (χ1v) is 3.59. The quantitative estimate of drug-likeness (QED) is 0.692. The third-order valence-electron chi connectivity index (χ3n) is 1.33. The maximum Gasteiger partial charge on any atom is 0.0705 e. The molecule has 1 aromatic heterocycles. The van der Waals surface area contributed by atoms with Gasteiger partial charge in [-0.05, 0) is 12.1 Å². The molecule has 0 saturated carbocycles. The van der Waals surface area contributed by atoms with Crippen LogP contribution < -0.4 is 5.73 Å². The molecule has 3 N–H and O–H groups in total. The molecule has 1 rings (SSSR count). The molecule has 3 nitrogen and oxygen atoms in total. The van der Waals surface area contributed by atoms with Crippen LogP contribution >= 0.6 is 11.6 Å². The van der Waals surface area contributed by atoms with Crippen molar-refractivity contribution >= 4 is 11.6 Å². The average Bonchev–Trinajstić information content (AvgIpc) is 2.05. The zero-order valence-electron chi connectivity index (χ0n) is 5.87. The largest absolute Gasteiger partial charge is 0.394 e. The number of hydrogen-bond acceptors (Lipinski definition) is 3. The molecular weight excluding hydrogens is 164 g/mol. The first kappa shape index (κ1) is 8.46. The lowest BCUT2D eigenvalue weighted by Crippen LogP contribution is -2.15. The van der Waals surface area contributed by atoms with Gasteiger partial charge in [-0.1, -0.05) is 11.6 Å². The van der Waals surface area contributed by atoms with E-state index in [1.54, 1.807) is 12.1 Å². The van der Waals surface area contributed by atoms with E-state index in [0.29, 0.717) is 10.7 Å². The summed E-state index contributed by atoms with van der Waals surface area (Å²) in [6.45, 7) is -0.103. The highest BCUT2D eigenvalue weighted by atomic mass is 35.5. The first-order chi connectivity index (χ1) is 5.24. The van der Waals surface area contributed by atoms with E-state index in [0.717, 1.165) is 0 Å². The van der Waals surface area contributed by atoms with Crippen molar-refractivity contribution in [2.45, 2.75) is 6.04 Å². The lowest BCUT2D eigenvalue weighted by atomic mass is 10.2. The lowest BCUT2D eigenvalue weighted by Gasteiger charge is -2.05. The molecule has 0 saturated heterocycles. The van der Waals surface area contributed by atoms with Crippen molar-refractivity contribution in [3.05, 3.63) is 29.0 Å². The molecule has 1 heterocycles. The molecule has 0 aliphatic rings. The van der Waals surface area contributed by atoms with E-state index < -0.39 is 6.04 Å². The fraction of sp³-hybridized carbons (Fsp3) is 0.286. The van der Waals surface area contributed by atoms with Crippen LogP contribution in [0, 0.1) is 0 Å². The van der Waals surface area contributed by atoms with Crippen molar-refractivity contribution in [1.82, 2.24) is 4.98 Å². The molecule has 0 radical (unpaired) electrons. The Labute approximate surface area is 69.8 Å². The van der Waals surface area contributed by atoms with Gasteiger partial charge in [0.05, 0.1) is 23.4 Å². The minimum atomic E-state index is -0.410. The third-order valence-corrected chi connectivity index (χ3v) is 1.55. The van der Waals surface area contributed by atoms with Gasteiger partial charge < -0.3 is 10.8 Å². The second kappa shape index (κ2) is 3.67. The molecule has 11 heavy (non-hydrogen) atoms. The molecule has 0 aliphatic heterocycles. The van der Waals surface area contributed by atoms with Gasteiger partial charge in [-0.25, -0.2) is 0 Å². The number of rotatable bonds is 2. The Kier molecular flexibility index (Phi) is 2.82. The van der Waals surface area contributed by atoms with Crippen molar-refractivity contribution in [3.63, 3.8) is 0 Å². The van der Waals surface area contributed by atoms with Crippen LogP contribution in [-0.4, -0.2) is 16.7 Å².